The lowest BCUT2D eigenvalue weighted by Gasteiger charge is -1.93. The van der Waals surface area contributed by atoms with E-state index in [1.54, 1.807) is 0 Å². The minimum atomic E-state index is 0.809. The third kappa shape index (κ3) is 5.70. The first kappa shape index (κ1) is 7.70. The molecule has 0 heterocycles. The molecule has 8 heavy (non-hydrogen) atoms. The van der Waals surface area contributed by atoms with Gasteiger partial charge in [0.15, 0.2) is 0 Å². The molecule has 0 rings (SSSR count). The van der Waals surface area contributed by atoms with Crippen molar-refractivity contribution in [3.05, 3.63) is 18.6 Å². The monoisotopic (exact) mass is 112 g/mol. The van der Waals surface area contributed by atoms with Gasteiger partial charge >= 0.3 is 0 Å². The van der Waals surface area contributed by atoms with Crippen molar-refractivity contribution in [1.29, 1.82) is 0 Å². The van der Waals surface area contributed by atoms with Gasteiger partial charge in [0.25, 0.3) is 0 Å². The molecule has 1 heteroatoms. The van der Waals surface area contributed by atoms with Crippen LogP contribution in [0.3, 0.4) is 0 Å². The fraction of sp³-hybridized carbons (Fsp3) is 0.571. The van der Waals surface area contributed by atoms with Gasteiger partial charge in [-0.15, -0.1) is 0 Å². The van der Waals surface area contributed by atoms with Gasteiger partial charge in [-0.25, -0.2) is 0 Å². The Balaban J connectivity index is 3.03. The summed E-state index contributed by atoms with van der Waals surface area (Å²) in [6.45, 7) is 9.58. The number of rotatable bonds is 3. The van der Waals surface area contributed by atoms with Crippen LogP contribution in [-0.2, 0) is 0 Å². The summed E-state index contributed by atoms with van der Waals surface area (Å²) in [5.41, 5.74) is 1.35. The van der Waals surface area contributed by atoms with Crippen LogP contribution in [0, 0.1) is 6.92 Å². The van der Waals surface area contributed by atoms with Gasteiger partial charge < -0.3 is 5.32 Å². The van der Waals surface area contributed by atoms with Gasteiger partial charge in [0.1, 0.15) is 0 Å². The van der Waals surface area contributed by atoms with Gasteiger partial charge in [-0.1, -0.05) is 11.6 Å². The van der Waals surface area contributed by atoms with Crippen LogP contribution in [0.4, 0.5) is 0 Å². The highest BCUT2D eigenvalue weighted by Crippen LogP contribution is 1.84. The van der Waals surface area contributed by atoms with Crippen LogP contribution in [0.2, 0.25) is 0 Å². The van der Waals surface area contributed by atoms with Gasteiger partial charge in [-0.3, -0.25) is 0 Å². The minimum absolute atomic E-state index is 0.809. The Labute approximate surface area is 51.8 Å². The van der Waals surface area contributed by atoms with Gasteiger partial charge in [0.05, 0.1) is 0 Å². The van der Waals surface area contributed by atoms with Crippen molar-refractivity contribution in [3.63, 3.8) is 0 Å². The van der Waals surface area contributed by atoms with E-state index in [1.807, 2.05) is 0 Å². The predicted octanol–water partition coefficient (Wildman–Crippen LogP) is 1.38. The second kappa shape index (κ2) is 4.85. The summed E-state index contributed by atoms with van der Waals surface area (Å²) in [7, 11) is 0. The molecule has 0 aliphatic carbocycles. The van der Waals surface area contributed by atoms with Crippen LogP contribution in [-0.4, -0.2) is 13.1 Å². The molecule has 0 aliphatic heterocycles. The lowest BCUT2D eigenvalue weighted by Crippen LogP contribution is -2.12. The topological polar surface area (TPSA) is 12.0 Å². The van der Waals surface area contributed by atoms with E-state index in [-0.39, 0.29) is 0 Å². The van der Waals surface area contributed by atoms with Crippen LogP contribution in [0.5, 0.6) is 0 Å². The molecule has 0 fully saturated rings. The van der Waals surface area contributed by atoms with Crippen molar-refractivity contribution in [3.8, 4) is 0 Å². The van der Waals surface area contributed by atoms with Crippen LogP contribution in [0.25, 0.3) is 0 Å². The summed E-state index contributed by atoms with van der Waals surface area (Å²) in [6, 6.07) is 0. The zero-order chi connectivity index (χ0) is 6.41. The molecule has 0 amide bonds. The van der Waals surface area contributed by atoms with Crippen molar-refractivity contribution in [2.75, 3.05) is 13.1 Å². The summed E-state index contributed by atoms with van der Waals surface area (Å²) >= 11 is 0. The standard InChI is InChI=1S/C7H14N/c1-4-8-6-5-7(2)3/h5,8H,1,4,6H2,2-3H3. The van der Waals surface area contributed by atoms with E-state index >= 15 is 0 Å². The van der Waals surface area contributed by atoms with Crippen LogP contribution in [0.15, 0.2) is 11.6 Å². The zero-order valence-corrected chi connectivity index (χ0v) is 5.70. The zero-order valence-electron chi connectivity index (χ0n) is 5.70. The molecular formula is C7H14N. The second-order valence-corrected chi connectivity index (χ2v) is 1.99. The average Bonchev–Trinajstić information content (AvgIpc) is 1.66. The first-order valence-corrected chi connectivity index (χ1v) is 2.90. The summed E-state index contributed by atoms with van der Waals surface area (Å²) < 4.78 is 0. The fourth-order valence-electron chi connectivity index (χ4n) is 0.378. The van der Waals surface area contributed by atoms with Crippen LogP contribution < -0.4 is 5.32 Å². The van der Waals surface area contributed by atoms with Gasteiger partial charge in [0.2, 0.25) is 0 Å². The maximum absolute atomic E-state index is 3.64. The molecule has 0 unspecified atom stereocenters. The highest BCUT2D eigenvalue weighted by atomic mass is 14.8. The lowest BCUT2D eigenvalue weighted by atomic mass is 10.3. The Morgan fingerprint density at radius 2 is 2.25 bits per heavy atom. The molecule has 0 aliphatic rings. The van der Waals surface area contributed by atoms with E-state index in [9.17, 15) is 0 Å². The van der Waals surface area contributed by atoms with E-state index in [4.69, 9.17) is 0 Å². The van der Waals surface area contributed by atoms with Crippen LogP contribution >= 0.6 is 0 Å². The normalized spacial score (nSPS) is 8.88. The Kier molecular flexibility index (Phi) is 4.67. The smallest absolute Gasteiger partial charge is 0.0137 e. The molecule has 0 aromatic rings. The van der Waals surface area contributed by atoms with E-state index in [0.717, 1.165) is 13.1 Å². The largest absolute Gasteiger partial charge is 0.313 e. The molecule has 47 valence electrons. The first-order chi connectivity index (χ1) is 3.77. The molecular weight excluding hydrogens is 98.1 g/mol. The summed E-state index contributed by atoms with van der Waals surface area (Å²) in [5, 5.41) is 3.09. The summed E-state index contributed by atoms with van der Waals surface area (Å²) in [6.07, 6.45) is 2.14. The lowest BCUT2D eigenvalue weighted by molar-refractivity contribution is 0.837. The fourth-order valence-corrected chi connectivity index (χ4v) is 0.378. The highest BCUT2D eigenvalue weighted by molar-refractivity contribution is 4.94. The van der Waals surface area contributed by atoms with Gasteiger partial charge in [0, 0.05) is 6.54 Å². The number of hydrogen-bond donors (Lipinski definition) is 1. The predicted molar refractivity (Wildman–Crippen MR) is 37.7 cm³/mol. The molecule has 0 spiro atoms. The molecule has 1 radical (unpaired) electrons. The Morgan fingerprint density at radius 1 is 1.62 bits per heavy atom. The van der Waals surface area contributed by atoms with Crippen molar-refractivity contribution in [1.82, 2.24) is 5.32 Å². The van der Waals surface area contributed by atoms with Gasteiger partial charge in [-0.2, -0.15) is 0 Å². The van der Waals surface area contributed by atoms with Crippen molar-refractivity contribution in [2.24, 2.45) is 0 Å². The van der Waals surface area contributed by atoms with Crippen molar-refractivity contribution in [2.45, 2.75) is 13.8 Å². The van der Waals surface area contributed by atoms with Crippen molar-refractivity contribution >= 4 is 0 Å². The van der Waals surface area contributed by atoms with E-state index < -0.39 is 0 Å². The van der Waals surface area contributed by atoms with E-state index in [0.29, 0.717) is 0 Å². The molecule has 0 bridgehead atoms. The molecule has 0 atom stereocenters. The molecule has 0 aromatic carbocycles. The van der Waals surface area contributed by atoms with E-state index in [1.165, 1.54) is 5.57 Å². The Hall–Kier alpha value is -0.300. The number of nitrogens with one attached hydrogen (secondary N) is 1. The quantitative estimate of drug-likeness (QED) is 0.429. The number of allylic oxidation sites excluding steroid dienone is 1. The van der Waals surface area contributed by atoms with E-state index in [2.05, 4.69) is 32.2 Å². The summed E-state index contributed by atoms with van der Waals surface area (Å²) in [5.74, 6) is 0. The first-order valence-electron chi connectivity index (χ1n) is 2.90. The maximum Gasteiger partial charge on any atom is 0.0137 e. The molecule has 1 nitrogen and oxygen atoms in total. The highest BCUT2D eigenvalue weighted by Gasteiger charge is 1.75. The molecule has 1 N–H and O–H groups in total. The second-order valence-electron chi connectivity index (χ2n) is 1.99. The maximum atomic E-state index is 3.64. The molecule has 0 saturated carbocycles. The SMILES string of the molecule is [CH2]CNCC=C(C)C. The third-order valence-electron chi connectivity index (χ3n) is 0.831. The Bertz CT molecular complexity index is 70.5. The Morgan fingerprint density at radius 3 is 2.62 bits per heavy atom. The summed E-state index contributed by atoms with van der Waals surface area (Å²) in [4.78, 5) is 0. The third-order valence-corrected chi connectivity index (χ3v) is 0.831. The number of hydrogen-bond acceptors (Lipinski definition) is 1. The molecule has 0 aromatic heterocycles. The van der Waals surface area contributed by atoms with Crippen LogP contribution in [0.1, 0.15) is 13.8 Å². The minimum Gasteiger partial charge on any atom is -0.313 e. The molecule has 0 saturated heterocycles. The van der Waals surface area contributed by atoms with Crippen molar-refractivity contribution < 1.29 is 0 Å². The van der Waals surface area contributed by atoms with Gasteiger partial charge in [-0.05, 0) is 27.3 Å². The average molecular weight is 112 g/mol.